The smallest absolute Gasteiger partial charge is 0.266 e. The maximum absolute atomic E-state index is 13.2. The fourth-order valence-electron chi connectivity index (χ4n) is 4.58. The highest BCUT2D eigenvalue weighted by molar-refractivity contribution is 7.20. The number of rotatable bonds is 6. The first kappa shape index (κ1) is 25.9. The molecule has 2 aromatic heterocycles. The lowest BCUT2D eigenvalue weighted by Gasteiger charge is -2.31. The van der Waals surface area contributed by atoms with E-state index in [4.69, 9.17) is 16.3 Å². The number of carbonyl (C=O) groups excluding carboxylic acids is 2. The van der Waals surface area contributed by atoms with E-state index in [1.165, 1.54) is 10.9 Å². The zero-order valence-electron chi connectivity index (χ0n) is 21.1. The molecule has 10 heteroatoms. The first-order chi connectivity index (χ1) is 18.3. The highest BCUT2D eigenvalue weighted by Crippen LogP contribution is 2.29. The van der Waals surface area contributed by atoms with Crippen LogP contribution in [0.4, 0.5) is 5.69 Å². The molecule has 4 aromatic rings. The highest BCUT2D eigenvalue weighted by atomic mass is 35.5. The van der Waals surface area contributed by atoms with Gasteiger partial charge in [-0.3, -0.25) is 19.0 Å². The molecule has 38 heavy (non-hydrogen) atoms. The number of anilines is 1. The van der Waals surface area contributed by atoms with Crippen LogP contribution in [0.3, 0.4) is 0 Å². The second-order valence-electron chi connectivity index (χ2n) is 9.54. The molecule has 1 atom stereocenters. The van der Waals surface area contributed by atoms with E-state index < -0.39 is 0 Å². The molecule has 2 aromatic carbocycles. The van der Waals surface area contributed by atoms with Crippen LogP contribution in [0, 0.1) is 12.8 Å². The summed E-state index contributed by atoms with van der Waals surface area (Å²) in [5, 5.41) is 3.87. The molecule has 0 spiro atoms. The molecule has 0 unspecified atom stereocenters. The zero-order valence-corrected chi connectivity index (χ0v) is 22.6. The zero-order chi connectivity index (χ0) is 26.8. The summed E-state index contributed by atoms with van der Waals surface area (Å²) in [7, 11) is 0. The van der Waals surface area contributed by atoms with Crippen LogP contribution in [0.2, 0.25) is 5.02 Å². The van der Waals surface area contributed by atoms with Gasteiger partial charge in [0.25, 0.3) is 11.5 Å². The maximum atomic E-state index is 13.2. The van der Waals surface area contributed by atoms with Crippen LogP contribution in [0.5, 0.6) is 11.5 Å². The van der Waals surface area contributed by atoms with Gasteiger partial charge < -0.3 is 15.0 Å². The third-order valence-electron chi connectivity index (χ3n) is 6.60. The van der Waals surface area contributed by atoms with Gasteiger partial charge >= 0.3 is 0 Å². The van der Waals surface area contributed by atoms with Gasteiger partial charge in [-0.05, 0) is 79.8 Å². The second-order valence-corrected chi connectivity index (χ2v) is 11.0. The van der Waals surface area contributed by atoms with E-state index >= 15 is 0 Å². The topological polar surface area (TPSA) is 93.5 Å². The van der Waals surface area contributed by atoms with Gasteiger partial charge in [-0.2, -0.15) is 0 Å². The molecule has 2 amide bonds. The Balaban J connectivity index is 1.30. The molecule has 1 aliphatic heterocycles. The van der Waals surface area contributed by atoms with Crippen LogP contribution in [0.15, 0.2) is 59.7 Å². The maximum Gasteiger partial charge on any atom is 0.266 e. The molecule has 0 saturated carbocycles. The number of thiophene rings is 1. The predicted octanol–water partition coefficient (Wildman–Crippen LogP) is 5.72. The van der Waals surface area contributed by atoms with E-state index in [9.17, 15) is 14.4 Å². The third-order valence-corrected chi connectivity index (χ3v) is 8.05. The van der Waals surface area contributed by atoms with Crippen LogP contribution in [-0.2, 0) is 11.3 Å². The Morgan fingerprint density at radius 2 is 1.82 bits per heavy atom. The Morgan fingerprint density at radius 1 is 1.13 bits per heavy atom. The van der Waals surface area contributed by atoms with Crippen LogP contribution in [0.1, 0.15) is 35.0 Å². The Morgan fingerprint density at radius 3 is 2.50 bits per heavy atom. The summed E-state index contributed by atoms with van der Waals surface area (Å²) in [5.74, 6) is 1.30. The minimum atomic E-state index is -0.332. The fraction of sp³-hybridized carbons (Fsp3) is 0.286. The minimum Gasteiger partial charge on any atom is -0.457 e. The fourth-order valence-corrected chi connectivity index (χ4v) is 5.74. The quantitative estimate of drug-likeness (QED) is 0.331. The summed E-state index contributed by atoms with van der Waals surface area (Å²) in [6.45, 7) is 5.22. The van der Waals surface area contributed by atoms with Gasteiger partial charge in [0.15, 0.2) is 0 Å². The van der Waals surface area contributed by atoms with Crippen LogP contribution in [-0.4, -0.2) is 39.4 Å². The Labute approximate surface area is 228 Å². The van der Waals surface area contributed by atoms with E-state index in [1.54, 1.807) is 55.5 Å². The summed E-state index contributed by atoms with van der Waals surface area (Å²) < 4.78 is 7.13. The summed E-state index contributed by atoms with van der Waals surface area (Å²) in [5.41, 5.74) is 0.822. The highest BCUT2D eigenvalue weighted by Gasteiger charge is 2.23. The molecule has 1 fully saturated rings. The molecule has 1 N–H and O–H groups in total. The van der Waals surface area contributed by atoms with E-state index in [0.29, 0.717) is 61.9 Å². The Hall–Kier alpha value is -3.69. The van der Waals surface area contributed by atoms with Crippen molar-refractivity contribution in [2.24, 2.45) is 5.92 Å². The second kappa shape index (κ2) is 11.0. The molecule has 5 rings (SSSR count). The van der Waals surface area contributed by atoms with Crippen LogP contribution >= 0.6 is 22.9 Å². The number of carbonyl (C=O) groups is 2. The predicted molar refractivity (Wildman–Crippen MR) is 150 cm³/mol. The minimum absolute atomic E-state index is 0.0598. The number of benzene rings is 2. The molecule has 0 bridgehead atoms. The molecule has 3 heterocycles. The van der Waals surface area contributed by atoms with Gasteiger partial charge in [0.1, 0.15) is 22.9 Å². The number of hydrogen-bond donors (Lipinski definition) is 1. The molecule has 196 valence electrons. The van der Waals surface area contributed by atoms with Crippen molar-refractivity contribution in [2.45, 2.75) is 33.2 Å². The number of ether oxygens (including phenoxy) is 1. The number of nitrogens with zero attached hydrogens (tertiary/aromatic N) is 3. The lowest BCUT2D eigenvalue weighted by molar-refractivity contribution is -0.133. The average Bonchev–Trinajstić information content (AvgIpc) is 3.25. The molecule has 0 aliphatic carbocycles. The molecule has 0 radical (unpaired) electrons. The Bertz CT molecular complexity index is 1550. The summed E-state index contributed by atoms with van der Waals surface area (Å²) in [6.07, 6.45) is 3.48. The largest absolute Gasteiger partial charge is 0.457 e. The molecule has 8 nitrogen and oxygen atoms in total. The number of aromatic nitrogens is 2. The van der Waals surface area contributed by atoms with Crippen molar-refractivity contribution in [3.05, 3.63) is 80.7 Å². The van der Waals surface area contributed by atoms with Crippen LogP contribution < -0.4 is 15.6 Å². The number of nitrogens with one attached hydrogen (secondary N) is 1. The lowest BCUT2D eigenvalue weighted by atomic mass is 10.0. The number of amides is 2. The average molecular weight is 551 g/mol. The van der Waals surface area contributed by atoms with Crippen molar-refractivity contribution < 1.29 is 14.3 Å². The Kier molecular flexibility index (Phi) is 7.49. The van der Waals surface area contributed by atoms with E-state index in [2.05, 4.69) is 17.2 Å². The van der Waals surface area contributed by atoms with Gasteiger partial charge in [0.05, 0.1) is 16.6 Å². The van der Waals surface area contributed by atoms with Gasteiger partial charge in [0, 0.05) is 23.8 Å². The van der Waals surface area contributed by atoms with Gasteiger partial charge in [-0.15, -0.1) is 11.3 Å². The first-order valence-electron chi connectivity index (χ1n) is 12.4. The number of hydrogen-bond acceptors (Lipinski definition) is 6. The summed E-state index contributed by atoms with van der Waals surface area (Å²) in [4.78, 5) is 46.2. The third kappa shape index (κ3) is 5.58. The van der Waals surface area contributed by atoms with Crippen LogP contribution in [0.25, 0.3) is 10.2 Å². The van der Waals surface area contributed by atoms with Gasteiger partial charge in [0.2, 0.25) is 5.91 Å². The number of likely N-dealkylation sites (tertiary alicyclic amines) is 1. The number of piperidine rings is 1. The van der Waals surface area contributed by atoms with Crippen molar-refractivity contribution in [1.29, 1.82) is 0 Å². The number of aryl methyl sites for hydroxylation is 1. The lowest BCUT2D eigenvalue weighted by Crippen LogP contribution is -2.42. The normalized spacial score (nSPS) is 15.4. The van der Waals surface area contributed by atoms with E-state index in [0.717, 1.165) is 24.2 Å². The van der Waals surface area contributed by atoms with Crippen molar-refractivity contribution in [1.82, 2.24) is 14.5 Å². The molecular formula is C28H27ClN4O4S. The number of halogens is 1. The molecule has 1 saturated heterocycles. The van der Waals surface area contributed by atoms with Crippen molar-refractivity contribution >= 4 is 50.7 Å². The summed E-state index contributed by atoms with van der Waals surface area (Å²) >= 11 is 7.07. The van der Waals surface area contributed by atoms with Crippen molar-refractivity contribution in [2.75, 3.05) is 18.4 Å². The summed E-state index contributed by atoms with van der Waals surface area (Å²) in [6, 6.07) is 14.0. The van der Waals surface area contributed by atoms with Crippen molar-refractivity contribution in [3.8, 4) is 11.5 Å². The van der Waals surface area contributed by atoms with Gasteiger partial charge in [-0.25, -0.2) is 4.98 Å². The van der Waals surface area contributed by atoms with E-state index in [1.807, 2.05) is 4.90 Å². The SMILES string of the molecule is Cc1c(C(=O)Nc2ccc(Oc3ccc(Cl)cc3)cc2)sc2ncn(CC(=O)N3CCC[C@H](C)C3)c(=O)c12. The van der Waals surface area contributed by atoms with Gasteiger partial charge in [-0.1, -0.05) is 18.5 Å². The number of fused-ring (bicyclic) bond motifs is 1. The van der Waals surface area contributed by atoms with Crippen molar-refractivity contribution in [3.63, 3.8) is 0 Å². The first-order valence-corrected chi connectivity index (χ1v) is 13.6. The van der Waals surface area contributed by atoms with E-state index in [-0.39, 0.29) is 23.9 Å². The molecule has 1 aliphatic rings. The monoisotopic (exact) mass is 550 g/mol. The molecular weight excluding hydrogens is 524 g/mol. The standard InChI is InChI=1S/C28H27ClN4O4S/c1-17-4-3-13-32(14-17)23(34)15-33-16-30-27-24(28(33)36)18(2)25(38-27)26(35)31-20-7-11-22(12-8-20)37-21-9-5-19(29)6-10-21/h5-12,16-17H,3-4,13-15H2,1-2H3,(H,31,35)/t17-/m0/s1.